The normalized spacial score (nSPS) is 16.7. The average molecular weight is 390 g/mol. The lowest BCUT2D eigenvalue weighted by atomic mass is 10.2. The topological polar surface area (TPSA) is 93.7 Å². The van der Waals surface area contributed by atoms with Crippen LogP contribution in [0.25, 0.3) is 0 Å². The molecule has 2 aromatic carbocycles. The molecule has 2 N–H and O–H groups in total. The molecule has 3 rings (SSSR count). The van der Waals surface area contributed by atoms with Crippen molar-refractivity contribution in [1.29, 1.82) is 0 Å². The highest BCUT2D eigenvalue weighted by Gasteiger charge is 2.17. The van der Waals surface area contributed by atoms with E-state index < -0.39 is 10.0 Å². The summed E-state index contributed by atoms with van der Waals surface area (Å²) in [6.45, 7) is 1.08. The number of rotatable bonds is 8. The van der Waals surface area contributed by atoms with Crippen LogP contribution in [0.15, 0.2) is 59.5 Å². The third-order valence-corrected chi connectivity index (χ3v) is 5.48. The van der Waals surface area contributed by atoms with Crippen molar-refractivity contribution in [3.63, 3.8) is 0 Å². The highest BCUT2D eigenvalue weighted by atomic mass is 32.2. The van der Waals surface area contributed by atoms with Crippen molar-refractivity contribution in [2.75, 3.05) is 24.5 Å². The van der Waals surface area contributed by atoms with Gasteiger partial charge in [-0.2, -0.15) is 0 Å². The van der Waals surface area contributed by atoms with E-state index in [2.05, 4.69) is 10.0 Å². The first-order chi connectivity index (χ1) is 13.0. The fourth-order valence-corrected chi connectivity index (χ4v) is 3.73. The van der Waals surface area contributed by atoms with Crippen molar-refractivity contribution in [2.24, 2.45) is 0 Å². The molecule has 0 unspecified atom stereocenters. The van der Waals surface area contributed by atoms with Crippen molar-refractivity contribution in [1.82, 2.24) is 5.32 Å². The molecule has 0 spiro atoms. The van der Waals surface area contributed by atoms with Gasteiger partial charge in [-0.05, 0) is 49.2 Å². The summed E-state index contributed by atoms with van der Waals surface area (Å²) < 4.78 is 38.1. The number of anilines is 1. The number of hydrogen-bond acceptors (Lipinski definition) is 5. The van der Waals surface area contributed by atoms with E-state index in [1.807, 2.05) is 0 Å². The van der Waals surface area contributed by atoms with Gasteiger partial charge < -0.3 is 14.8 Å². The van der Waals surface area contributed by atoms with Gasteiger partial charge in [0.2, 0.25) is 0 Å². The Kier molecular flexibility index (Phi) is 6.31. The summed E-state index contributed by atoms with van der Waals surface area (Å²) in [6, 6.07) is 14.6. The number of para-hydroxylation sites is 1. The van der Waals surface area contributed by atoms with E-state index in [-0.39, 0.29) is 23.5 Å². The molecule has 0 aliphatic carbocycles. The Labute approximate surface area is 158 Å². The summed E-state index contributed by atoms with van der Waals surface area (Å²) >= 11 is 0. The maximum Gasteiger partial charge on any atom is 0.261 e. The van der Waals surface area contributed by atoms with Crippen LogP contribution in [0.3, 0.4) is 0 Å². The smallest absolute Gasteiger partial charge is 0.261 e. The van der Waals surface area contributed by atoms with Gasteiger partial charge in [0, 0.05) is 18.8 Å². The zero-order chi connectivity index (χ0) is 19.1. The lowest BCUT2D eigenvalue weighted by molar-refractivity contribution is -0.123. The largest absolute Gasteiger partial charge is 0.484 e. The van der Waals surface area contributed by atoms with E-state index in [1.54, 1.807) is 30.3 Å². The second-order valence-electron chi connectivity index (χ2n) is 6.17. The second kappa shape index (κ2) is 8.88. The standard InChI is InChI=1S/C19H22N2O5S/c22-19(20-13-17-7-4-12-25-17)14-26-16-8-10-18(11-9-16)27(23,24)21-15-5-2-1-3-6-15/h1-3,5-6,8-11,17,21H,4,7,12-14H2,(H,20,22)/t17-/m1/s1. The summed E-state index contributed by atoms with van der Waals surface area (Å²) in [7, 11) is -3.68. The van der Waals surface area contributed by atoms with Crippen molar-refractivity contribution in [2.45, 2.75) is 23.8 Å². The predicted octanol–water partition coefficient (Wildman–Crippen LogP) is 2.16. The molecule has 1 aliphatic rings. The predicted molar refractivity (Wildman–Crippen MR) is 101 cm³/mol. The van der Waals surface area contributed by atoms with Crippen LogP contribution in [0.1, 0.15) is 12.8 Å². The van der Waals surface area contributed by atoms with Gasteiger partial charge in [0.05, 0.1) is 11.0 Å². The zero-order valence-corrected chi connectivity index (χ0v) is 15.6. The zero-order valence-electron chi connectivity index (χ0n) is 14.8. The first kappa shape index (κ1) is 19.2. The molecule has 1 saturated heterocycles. The number of sulfonamides is 1. The molecule has 2 aromatic rings. The first-order valence-electron chi connectivity index (χ1n) is 8.72. The minimum absolute atomic E-state index is 0.0792. The average Bonchev–Trinajstić information content (AvgIpc) is 3.19. The van der Waals surface area contributed by atoms with Crippen molar-refractivity contribution in [3.8, 4) is 5.75 Å². The number of benzene rings is 2. The Morgan fingerprint density at radius 2 is 1.85 bits per heavy atom. The highest BCUT2D eigenvalue weighted by molar-refractivity contribution is 7.92. The van der Waals surface area contributed by atoms with E-state index in [1.165, 1.54) is 24.3 Å². The van der Waals surface area contributed by atoms with E-state index in [9.17, 15) is 13.2 Å². The molecule has 1 aliphatic heterocycles. The second-order valence-corrected chi connectivity index (χ2v) is 7.85. The van der Waals surface area contributed by atoms with E-state index >= 15 is 0 Å². The van der Waals surface area contributed by atoms with E-state index in [0.717, 1.165) is 19.4 Å². The van der Waals surface area contributed by atoms with Gasteiger partial charge in [-0.1, -0.05) is 18.2 Å². The molecule has 0 aromatic heterocycles. The van der Waals surface area contributed by atoms with Gasteiger partial charge >= 0.3 is 0 Å². The van der Waals surface area contributed by atoms with Crippen LogP contribution in [0, 0.1) is 0 Å². The van der Waals surface area contributed by atoms with Crippen LogP contribution in [-0.4, -0.2) is 40.2 Å². The highest BCUT2D eigenvalue weighted by Crippen LogP contribution is 2.19. The van der Waals surface area contributed by atoms with Gasteiger partial charge in [-0.3, -0.25) is 9.52 Å². The first-order valence-corrected chi connectivity index (χ1v) is 10.2. The summed E-state index contributed by atoms with van der Waals surface area (Å²) in [6.07, 6.45) is 2.05. The van der Waals surface area contributed by atoms with Crippen molar-refractivity contribution in [3.05, 3.63) is 54.6 Å². The van der Waals surface area contributed by atoms with E-state index in [4.69, 9.17) is 9.47 Å². The Hall–Kier alpha value is -2.58. The third-order valence-electron chi connectivity index (χ3n) is 4.08. The van der Waals surface area contributed by atoms with Crippen LogP contribution in [0.2, 0.25) is 0 Å². The Morgan fingerprint density at radius 3 is 2.52 bits per heavy atom. The summed E-state index contributed by atoms with van der Waals surface area (Å²) in [5.41, 5.74) is 0.487. The molecule has 0 radical (unpaired) electrons. The Balaban J connectivity index is 1.50. The van der Waals surface area contributed by atoms with Crippen LogP contribution in [0.4, 0.5) is 5.69 Å². The summed E-state index contributed by atoms with van der Waals surface area (Å²) in [4.78, 5) is 11.9. The number of nitrogens with one attached hydrogen (secondary N) is 2. The minimum Gasteiger partial charge on any atom is -0.484 e. The monoisotopic (exact) mass is 390 g/mol. The number of ether oxygens (including phenoxy) is 2. The molecule has 1 heterocycles. The molecule has 7 nitrogen and oxygen atoms in total. The summed E-state index contributed by atoms with van der Waals surface area (Å²) in [5.74, 6) is 0.175. The molecule has 1 atom stereocenters. The maximum absolute atomic E-state index is 12.4. The van der Waals surface area contributed by atoms with Gasteiger partial charge in [0.1, 0.15) is 5.75 Å². The lowest BCUT2D eigenvalue weighted by Gasteiger charge is -2.12. The van der Waals surface area contributed by atoms with Crippen LogP contribution in [0.5, 0.6) is 5.75 Å². The van der Waals surface area contributed by atoms with Crippen molar-refractivity contribution >= 4 is 21.6 Å². The van der Waals surface area contributed by atoms with Gasteiger partial charge in [0.15, 0.2) is 6.61 Å². The molecule has 8 heteroatoms. The van der Waals surface area contributed by atoms with Crippen LogP contribution >= 0.6 is 0 Å². The fraction of sp³-hybridized carbons (Fsp3) is 0.316. The molecule has 27 heavy (non-hydrogen) atoms. The van der Waals surface area contributed by atoms with E-state index in [0.29, 0.717) is 18.0 Å². The number of hydrogen-bond donors (Lipinski definition) is 2. The molecule has 144 valence electrons. The number of amides is 1. The SMILES string of the molecule is O=C(COc1ccc(S(=O)(=O)Nc2ccccc2)cc1)NC[C@H]1CCCO1. The Morgan fingerprint density at radius 1 is 1.11 bits per heavy atom. The number of carbonyl (C=O) groups is 1. The third kappa shape index (κ3) is 5.70. The van der Waals surface area contributed by atoms with Crippen LogP contribution in [-0.2, 0) is 19.6 Å². The fourth-order valence-electron chi connectivity index (χ4n) is 2.67. The van der Waals surface area contributed by atoms with Gasteiger partial charge in [0.25, 0.3) is 15.9 Å². The Bertz CT molecular complexity index is 847. The molecule has 1 amide bonds. The lowest BCUT2D eigenvalue weighted by Crippen LogP contribution is -2.35. The van der Waals surface area contributed by atoms with Gasteiger partial charge in [-0.15, -0.1) is 0 Å². The quantitative estimate of drug-likeness (QED) is 0.720. The summed E-state index contributed by atoms with van der Waals surface area (Å²) in [5, 5.41) is 2.76. The molecule has 0 bridgehead atoms. The number of carbonyl (C=O) groups excluding carboxylic acids is 1. The van der Waals surface area contributed by atoms with Gasteiger partial charge in [-0.25, -0.2) is 8.42 Å². The molecular weight excluding hydrogens is 368 g/mol. The molecule has 1 fully saturated rings. The molecular formula is C19H22N2O5S. The van der Waals surface area contributed by atoms with Crippen LogP contribution < -0.4 is 14.8 Å². The minimum atomic E-state index is -3.68. The maximum atomic E-state index is 12.4. The molecule has 0 saturated carbocycles. The van der Waals surface area contributed by atoms with Crippen molar-refractivity contribution < 1.29 is 22.7 Å².